The monoisotopic (exact) mass is 225 g/mol. The van der Waals surface area contributed by atoms with Crippen LogP contribution in [-0.2, 0) is 4.74 Å². The van der Waals surface area contributed by atoms with Crippen molar-refractivity contribution < 1.29 is 19.3 Å². The molecule has 1 heterocycles. The van der Waals surface area contributed by atoms with Gasteiger partial charge in [-0.25, -0.2) is 0 Å². The molecule has 1 aromatic rings. The van der Waals surface area contributed by atoms with Gasteiger partial charge < -0.3 is 24.6 Å². The Bertz CT molecular complexity index is 356. The molecule has 1 aromatic carbocycles. The lowest BCUT2D eigenvalue weighted by Gasteiger charge is -2.11. The molecule has 0 amide bonds. The Morgan fingerprint density at radius 3 is 3.06 bits per heavy atom. The maximum absolute atomic E-state index is 9.46. The largest absolute Gasteiger partial charge is 0.454 e. The molecule has 2 rings (SSSR count). The third-order valence-corrected chi connectivity index (χ3v) is 2.27. The number of hydrogen-bond acceptors (Lipinski definition) is 5. The van der Waals surface area contributed by atoms with Gasteiger partial charge in [0.2, 0.25) is 6.79 Å². The Morgan fingerprint density at radius 2 is 2.25 bits per heavy atom. The predicted octanol–water partition coefficient (Wildman–Crippen LogP) is 0.834. The van der Waals surface area contributed by atoms with Crippen molar-refractivity contribution in [1.29, 1.82) is 0 Å². The van der Waals surface area contributed by atoms with Crippen molar-refractivity contribution in [2.75, 3.05) is 32.4 Å². The van der Waals surface area contributed by atoms with Crippen LogP contribution in [-0.4, -0.2) is 38.3 Å². The number of hydrogen-bond donors (Lipinski definition) is 2. The van der Waals surface area contributed by atoms with Crippen molar-refractivity contribution in [1.82, 2.24) is 0 Å². The highest BCUT2D eigenvalue weighted by Crippen LogP contribution is 2.34. The minimum Gasteiger partial charge on any atom is -0.454 e. The third kappa shape index (κ3) is 2.56. The van der Waals surface area contributed by atoms with Crippen LogP contribution >= 0.6 is 0 Å². The Kier molecular flexibility index (Phi) is 3.48. The second-order valence-corrected chi connectivity index (χ2v) is 3.56. The van der Waals surface area contributed by atoms with Gasteiger partial charge in [0.15, 0.2) is 11.5 Å². The molecule has 88 valence electrons. The van der Waals surface area contributed by atoms with Crippen LogP contribution in [0.25, 0.3) is 0 Å². The normalized spacial score (nSPS) is 14.9. The van der Waals surface area contributed by atoms with E-state index in [9.17, 15) is 5.11 Å². The summed E-state index contributed by atoms with van der Waals surface area (Å²) in [6, 6.07) is 5.57. The van der Waals surface area contributed by atoms with E-state index in [1.165, 1.54) is 0 Å². The second-order valence-electron chi connectivity index (χ2n) is 3.56. The number of aliphatic hydroxyl groups is 1. The van der Waals surface area contributed by atoms with Crippen molar-refractivity contribution in [2.24, 2.45) is 0 Å². The number of methoxy groups -OCH3 is 1. The first-order valence-electron chi connectivity index (χ1n) is 5.10. The molecule has 0 bridgehead atoms. The molecule has 0 aromatic heterocycles. The lowest BCUT2D eigenvalue weighted by molar-refractivity contribution is 0.0727. The fourth-order valence-corrected chi connectivity index (χ4v) is 1.49. The standard InChI is InChI=1S/C11H15NO4/c1-14-6-9(13)5-12-8-2-3-10-11(4-8)16-7-15-10/h2-4,9,12-13H,5-7H2,1H3. The van der Waals surface area contributed by atoms with E-state index in [2.05, 4.69) is 5.32 Å². The highest BCUT2D eigenvalue weighted by atomic mass is 16.7. The molecule has 0 radical (unpaired) electrons. The molecule has 1 aliphatic heterocycles. The molecule has 1 unspecified atom stereocenters. The van der Waals surface area contributed by atoms with E-state index in [0.29, 0.717) is 13.2 Å². The molecule has 0 aliphatic carbocycles. The first-order valence-corrected chi connectivity index (χ1v) is 5.10. The van der Waals surface area contributed by atoms with Gasteiger partial charge in [-0.15, -0.1) is 0 Å². The number of ether oxygens (including phenoxy) is 3. The minimum absolute atomic E-state index is 0.269. The quantitative estimate of drug-likeness (QED) is 0.777. The van der Waals surface area contributed by atoms with Gasteiger partial charge in [-0.1, -0.05) is 0 Å². The lowest BCUT2D eigenvalue weighted by Crippen LogP contribution is -2.24. The molecule has 5 heteroatoms. The molecule has 1 aliphatic rings. The predicted molar refractivity (Wildman–Crippen MR) is 58.9 cm³/mol. The topological polar surface area (TPSA) is 60.0 Å². The van der Waals surface area contributed by atoms with E-state index in [1.807, 2.05) is 18.2 Å². The van der Waals surface area contributed by atoms with Crippen molar-refractivity contribution in [2.45, 2.75) is 6.10 Å². The third-order valence-electron chi connectivity index (χ3n) is 2.27. The Morgan fingerprint density at radius 1 is 1.44 bits per heavy atom. The molecular formula is C11H15NO4. The van der Waals surface area contributed by atoms with Crippen molar-refractivity contribution in [3.63, 3.8) is 0 Å². The van der Waals surface area contributed by atoms with Crippen LogP contribution in [0.3, 0.4) is 0 Å². The highest BCUT2D eigenvalue weighted by Gasteiger charge is 2.13. The maximum atomic E-state index is 9.46. The van der Waals surface area contributed by atoms with Crippen LogP contribution in [0.4, 0.5) is 5.69 Å². The number of nitrogens with one attached hydrogen (secondary N) is 1. The fourth-order valence-electron chi connectivity index (χ4n) is 1.49. The summed E-state index contributed by atoms with van der Waals surface area (Å²) in [6.45, 7) is 1.02. The summed E-state index contributed by atoms with van der Waals surface area (Å²) in [6.07, 6.45) is -0.518. The molecule has 0 spiro atoms. The van der Waals surface area contributed by atoms with E-state index in [0.717, 1.165) is 17.2 Å². The smallest absolute Gasteiger partial charge is 0.231 e. The van der Waals surface area contributed by atoms with E-state index in [1.54, 1.807) is 7.11 Å². The summed E-state index contributed by atoms with van der Waals surface area (Å²) in [4.78, 5) is 0. The van der Waals surface area contributed by atoms with Crippen molar-refractivity contribution in [3.05, 3.63) is 18.2 Å². The van der Waals surface area contributed by atoms with Gasteiger partial charge in [-0.05, 0) is 12.1 Å². The SMILES string of the molecule is COCC(O)CNc1ccc2c(c1)OCO2. The van der Waals surface area contributed by atoms with Crippen LogP contribution in [0.5, 0.6) is 11.5 Å². The molecule has 2 N–H and O–H groups in total. The zero-order valence-electron chi connectivity index (χ0n) is 9.10. The summed E-state index contributed by atoms with van der Waals surface area (Å²) in [7, 11) is 1.56. The molecule has 16 heavy (non-hydrogen) atoms. The van der Waals surface area contributed by atoms with E-state index >= 15 is 0 Å². The minimum atomic E-state index is -0.518. The van der Waals surface area contributed by atoms with Crippen LogP contribution in [0, 0.1) is 0 Å². The summed E-state index contributed by atoms with van der Waals surface area (Å²) >= 11 is 0. The average Bonchev–Trinajstić information content (AvgIpc) is 2.74. The molecule has 0 saturated heterocycles. The average molecular weight is 225 g/mol. The number of fused-ring (bicyclic) bond motifs is 1. The Balaban J connectivity index is 1.90. The van der Waals surface area contributed by atoms with Crippen molar-refractivity contribution in [3.8, 4) is 11.5 Å². The van der Waals surface area contributed by atoms with Gasteiger partial charge >= 0.3 is 0 Å². The first-order chi connectivity index (χ1) is 7.79. The molecular weight excluding hydrogens is 210 g/mol. The maximum Gasteiger partial charge on any atom is 0.231 e. The van der Waals surface area contributed by atoms with Crippen LogP contribution in [0.15, 0.2) is 18.2 Å². The summed E-state index contributed by atoms with van der Waals surface area (Å²) in [5, 5.41) is 12.6. The van der Waals surface area contributed by atoms with Gasteiger partial charge in [0.1, 0.15) is 0 Å². The number of rotatable bonds is 5. The summed E-state index contributed by atoms with van der Waals surface area (Å²) in [5.41, 5.74) is 0.888. The van der Waals surface area contributed by atoms with Crippen LogP contribution in [0.2, 0.25) is 0 Å². The van der Waals surface area contributed by atoms with Crippen LogP contribution in [0.1, 0.15) is 0 Å². The van der Waals surface area contributed by atoms with Gasteiger partial charge in [0, 0.05) is 25.4 Å². The fraction of sp³-hybridized carbons (Fsp3) is 0.455. The number of aliphatic hydroxyl groups excluding tert-OH is 1. The van der Waals surface area contributed by atoms with Gasteiger partial charge in [0.25, 0.3) is 0 Å². The Hall–Kier alpha value is -1.46. The van der Waals surface area contributed by atoms with Crippen LogP contribution < -0.4 is 14.8 Å². The zero-order valence-corrected chi connectivity index (χ0v) is 9.10. The van der Waals surface area contributed by atoms with Gasteiger partial charge in [-0.3, -0.25) is 0 Å². The van der Waals surface area contributed by atoms with Gasteiger partial charge in [0.05, 0.1) is 12.7 Å². The van der Waals surface area contributed by atoms with E-state index in [-0.39, 0.29) is 6.79 Å². The zero-order chi connectivity index (χ0) is 11.4. The highest BCUT2D eigenvalue weighted by molar-refractivity contribution is 5.55. The second kappa shape index (κ2) is 5.05. The first kappa shape index (κ1) is 11.0. The lowest BCUT2D eigenvalue weighted by atomic mass is 10.2. The van der Waals surface area contributed by atoms with Gasteiger partial charge in [-0.2, -0.15) is 0 Å². The summed E-state index contributed by atoms with van der Waals surface area (Å²) in [5.74, 6) is 1.48. The Labute approximate surface area is 93.9 Å². The molecule has 0 saturated carbocycles. The molecule has 1 atom stereocenters. The summed E-state index contributed by atoms with van der Waals surface area (Å²) < 4.78 is 15.3. The molecule has 5 nitrogen and oxygen atoms in total. The van der Waals surface area contributed by atoms with E-state index in [4.69, 9.17) is 14.2 Å². The number of anilines is 1. The van der Waals surface area contributed by atoms with E-state index < -0.39 is 6.10 Å². The van der Waals surface area contributed by atoms with Crippen molar-refractivity contribution >= 4 is 5.69 Å². The number of benzene rings is 1. The molecule has 0 fully saturated rings.